The molecule has 0 spiro atoms. The van der Waals surface area contributed by atoms with E-state index in [9.17, 15) is 0 Å². The van der Waals surface area contributed by atoms with Crippen LogP contribution in [0.5, 0.6) is 0 Å². The fourth-order valence-electron chi connectivity index (χ4n) is 0. The Labute approximate surface area is 81.7 Å². The summed E-state index contributed by atoms with van der Waals surface area (Å²) in [6.07, 6.45) is 0. The summed E-state index contributed by atoms with van der Waals surface area (Å²) in [7, 11) is 0. The Morgan fingerprint density at radius 2 is 0.750 bits per heavy atom. The predicted molar refractivity (Wildman–Crippen MR) is 5.75 cm³/mol. The molecular formula is Cu2MgSc. The van der Waals surface area contributed by atoms with Crippen LogP contribution in [0.1, 0.15) is 0 Å². The van der Waals surface area contributed by atoms with Crippen molar-refractivity contribution in [3.63, 3.8) is 0 Å². The summed E-state index contributed by atoms with van der Waals surface area (Å²) in [6, 6.07) is 0. The van der Waals surface area contributed by atoms with Crippen molar-refractivity contribution in [2.45, 2.75) is 0 Å². The zero-order valence-electron chi connectivity index (χ0n) is 1.89. The Morgan fingerprint density at radius 1 is 0.750 bits per heavy atom. The van der Waals surface area contributed by atoms with Crippen molar-refractivity contribution < 1.29 is 60.0 Å². The van der Waals surface area contributed by atoms with E-state index >= 15 is 0 Å². The largest absolute Gasteiger partial charge is 0 e. The third kappa shape index (κ3) is 8.82. The summed E-state index contributed by atoms with van der Waals surface area (Å²) in [4.78, 5) is 0. The van der Waals surface area contributed by atoms with Crippen LogP contribution in [0.4, 0.5) is 0 Å². The van der Waals surface area contributed by atoms with Gasteiger partial charge in [0.05, 0.1) is 0 Å². The molecule has 0 saturated carbocycles. The maximum Gasteiger partial charge on any atom is 0 e. The second-order valence-corrected chi connectivity index (χ2v) is 0. The molecule has 0 bridgehead atoms. The van der Waals surface area contributed by atoms with Gasteiger partial charge in [-0.3, -0.25) is 0 Å². The van der Waals surface area contributed by atoms with Gasteiger partial charge in [0.15, 0.2) is 0 Å². The Kier molecular flexibility index (Phi) is 130. The van der Waals surface area contributed by atoms with Crippen LogP contribution in [0, 0.1) is 0 Å². The molecule has 0 saturated heterocycles. The van der Waals surface area contributed by atoms with Gasteiger partial charge in [0.2, 0.25) is 0 Å². The molecule has 4 heteroatoms. The first kappa shape index (κ1) is 30.0. The van der Waals surface area contributed by atoms with Crippen LogP contribution in [-0.4, -0.2) is 23.1 Å². The Balaban J connectivity index is 0. The maximum atomic E-state index is 0. The van der Waals surface area contributed by atoms with Gasteiger partial charge in [0.1, 0.15) is 0 Å². The Bertz CT molecular complexity index is 6.00. The van der Waals surface area contributed by atoms with Gasteiger partial charge in [-0.1, -0.05) is 0 Å². The average molecular weight is 196 g/mol. The normalized spacial score (nSPS) is 0. The van der Waals surface area contributed by atoms with E-state index in [4.69, 9.17) is 0 Å². The van der Waals surface area contributed by atoms with Crippen LogP contribution in [0.15, 0.2) is 0 Å². The van der Waals surface area contributed by atoms with E-state index in [1.54, 1.807) is 0 Å². The molecule has 0 fully saturated rings. The van der Waals surface area contributed by atoms with Gasteiger partial charge in [0.25, 0.3) is 0 Å². The first-order chi connectivity index (χ1) is 0. The first-order valence-corrected chi connectivity index (χ1v) is 0. The summed E-state index contributed by atoms with van der Waals surface area (Å²) < 4.78 is 0. The SMILES string of the molecule is [Cu].[Cu].[Mg].[Sc]. The molecule has 0 aliphatic carbocycles. The van der Waals surface area contributed by atoms with Crippen molar-refractivity contribution in [1.82, 2.24) is 0 Å². The zero-order valence-corrected chi connectivity index (χ0v) is 6.99. The molecule has 0 rings (SSSR count). The standard InChI is InChI=1S/2Cu.Mg.Sc. The molecule has 0 nitrogen and oxygen atoms in total. The molecule has 0 N–H and O–H groups in total. The van der Waals surface area contributed by atoms with Gasteiger partial charge in [-0.2, -0.15) is 0 Å². The van der Waals surface area contributed by atoms with Crippen LogP contribution in [0.3, 0.4) is 0 Å². The van der Waals surface area contributed by atoms with E-state index in [1.807, 2.05) is 0 Å². The van der Waals surface area contributed by atoms with Gasteiger partial charge >= 0.3 is 0 Å². The van der Waals surface area contributed by atoms with Crippen molar-refractivity contribution in [2.24, 2.45) is 0 Å². The molecule has 5 radical (unpaired) electrons. The Hall–Kier alpha value is 2.68. The van der Waals surface area contributed by atoms with Crippen LogP contribution in [0.2, 0.25) is 0 Å². The van der Waals surface area contributed by atoms with Crippen molar-refractivity contribution in [1.29, 1.82) is 0 Å². The van der Waals surface area contributed by atoms with Gasteiger partial charge in [-0.25, -0.2) is 0 Å². The van der Waals surface area contributed by atoms with Crippen LogP contribution in [-0.2, 0) is 60.0 Å². The van der Waals surface area contributed by atoms with Crippen LogP contribution in [0.25, 0.3) is 0 Å². The smallest absolute Gasteiger partial charge is 0 e. The molecule has 0 aliphatic rings. The fraction of sp³-hybridized carbons (Fsp3) is 0. The first-order valence-electron chi connectivity index (χ1n) is 0. The van der Waals surface area contributed by atoms with Crippen molar-refractivity contribution in [2.75, 3.05) is 0 Å². The van der Waals surface area contributed by atoms with Crippen LogP contribution >= 0.6 is 0 Å². The third-order valence-electron chi connectivity index (χ3n) is 0. The Morgan fingerprint density at radius 3 is 0.750 bits per heavy atom. The summed E-state index contributed by atoms with van der Waals surface area (Å²) >= 11 is 0. The van der Waals surface area contributed by atoms with E-state index in [0.29, 0.717) is 0 Å². The van der Waals surface area contributed by atoms with Crippen molar-refractivity contribution >= 4 is 23.1 Å². The topological polar surface area (TPSA) is 0 Å². The van der Waals surface area contributed by atoms with Gasteiger partial charge in [-0.05, 0) is 0 Å². The maximum absolute atomic E-state index is 0. The van der Waals surface area contributed by atoms with E-state index < -0.39 is 0 Å². The van der Waals surface area contributed by atoms with E-state index in [1.165, 1.54) is 0 Å². The number of hydrogen-bond acceptors (Lipinski definition) is 0. The molecule has 0 aromatic rings. The summed E-state index contributed by atoms with van der Waals surface area (Å²) in [6.45, 7) is 0. The predicted octanol–water partition coefficient (Wildman–Crippen LogP) is -0.388. The third-order valence-corrected chi connectivity index (χ3v) is 0. The zero-order chi connectivity index (χ0) is 0. The molecular weight excluding hydrogens is 196 g/mol. The molecule has 0 heterocycles. The van der Waals surface area contributed by atoms with E-state index in [2.05, 4.69) is 0 Å². The molecule has 4 heavy (non-hydrogen) atoms. The molecule has 0 amide bonds. The van der Waals surface area contributed by atoms with Gasteiger partial charge in [-0.15, -0.1) is 0 Å². The van der Waals surface area contributed by atoms with Crippen molar-refractivity contribution in [3.05, 3.63) is 0 Å². The van der Waals surface area contributed by atoms with Crippen LogP contribution < -0.4 is 0 Å². The minimum Gasteiger partial charge on any atom is 0 e. The molecule has 0 atom stereocenters. The summed E-state index contributed by atoms with van der Waals surface area (Å²) in [5.41, 5.74) is 0. The van der Waals surface area contributed by atoms with Gasteiger partial charge < -0.3 is 0 Å². The monoisotopic (exact) mass is 195 g/mol. The number of hydrogen-bond donors (Lipinski definition) is 0. The minimum absolute atomic E-state index is 0. The fourth-order valence-corrected chi connectivity index (χ4v) is 0. The van der Waals surface area contributed by atoms with E-state index in [-0.39, 0.29) is 83.0 Å². The number of rotatable bonds is 0. The average Bonchev–Trinajstić information content (AvgIpc) is 0. The summed E-state index contributed by atoms with van der Waals surface area (Å²) in [5, 5.41) is 0. The van der Waals surface area contributed by atoms with Crippen molar-refractivity contribution in [3.8, 4) is 0 Å². The summed E-state index contributed by atoms with van der Waals surface area (Å²) in [5.74, 6) is 0. The molecule has 0 aromatic carbocycles. The van der Waals surface area contributed by atoms with Gasteiger partial charge in [0, 0.05) is 83.0 Å². The minimum atomic E-state index is 0. The molecule has 0 aliphatic heterocycles. The molecule has 27 valence electrons. The molecule has 0 unspecified atom stereocenters. The quantitative estimate of drug-likeness (QED) is 0.463. The molecule has 0 aromatic heterocycles. The second kappa shape index (κ2) is 17.3. The second-order valence-electron chi connectivity index (χ2n) is 0. The van der Waals surface area contributed by atoms with E-state index in [0.717, 1.165) is 0 Å².